The highest BCUT2D eigenvalue weighted by molar-refractivity contribution is 5.76. The van der Waals surface area contributed by atoms with E-state index in [-0.39, 0.29) is 6.54 Å². The standard InChI is InChI=1S/C10H21NO4/c1-7(2)4-8(12)5-11-6-10(3,15)9(13)14/h7-8,11-12,15H,4-6H2,1-3H3,(H,13,14). The number of nitrogens with one attached hydrogen (secondary N) is 1. The number of hydrogen-bond donors (Lipinski definition) is 4. The third-order valence-electron chi connectivity index (χ3n) is 2.05. The van der Waals surface area contributed by atoms with Crippen LogP contribution < -0.4 is 5.32 Å². The molecule has 0 aliphatic carbocycles. The highest BCUT2D eigenvalue weighted by Gasteiger charge is 2.29. The lowest BCUT2D eigenvalue weighted by atomic mass is 10.1. The van der Waals surface area contributed by atoms with Gasteiger partial charge in [0.2, 0.25) is 0 Å². The van der Waals surface area contributed by atoms with Gasteiger partial charge in [-0.3, -0.25) is 0 Å². The van der Waals surface area contributed by atoms with E-state index >= 15 is 0 Å². The number of aliphatic hydroxyl groups is 2. The Morgan fingerprint density at radius 1 is 1.47 bits per heavy atom. The molecule has 0 aliphatic heterocycles. The monoisotopic (exact) mass is 219 g/mol. The second-order valence-corrected chi connectivity index (χ2v) is 4.49. The van der Waals surface area contributed by atoms with Gasteiger partial charge in [0.05, 0.1) is 6.10 Å². The molecule has 0 aromatic carbocycles. The Morgan fingerprint density at radius 2 is 2.00 bits per heavy atom. The van der Waals surface area contributed by atoms with Crippen molar-refractivity contribution in [1.82, 2.24) is 5.32 Å². The van der Waals surface area contributed by atoms with Gasteiger partial charge >= 0.3 is 5.97 Å². The molecule has 0 saturated carbocycles. The molecule has 2 unspecified atom stereocenters. The molecule has 0 amide bonds. The molecular weight excluding hydrogens is 198 g/mol. The minimum Gasteiger partial charge on any atom is -0.479 e. The van der Waals surface area contributed by atoms with Crippen LogP contribution >= 0.6 is 0 Å². The van der Waals surface area contributed by atoms with Crippen LogP contribution in [0.15, 0.2) is 0 Å². The molecule has 0 heterocycles. The molecule has 5 heteroatoms. The molecule has 5 nitrogen and oxygen atoms in total. The van der Waals surface area contributed by atoms with Gasteiger partial charge in [-0.05, 0) is 19.3 Å². The molecule has 0 rings (SSSR count). The van der Waals surface area contributed by atoms with E-state index in [4.69, 9.17) is 5.11 Å². The van der Waals surface area contributed by atoms with Gasteiger partial charge in [-0.1, -0.05) is 13.8 Å². The van der Waals surface area contributed by atoms with Gasteiger partial charge in [-0.25, -0.2) is 4.79 Å². The summed E-state index contributed by atoms with van der Waals surface area (Å²) < 4.78 is 0. The SMILES string of the molecule is CC(C)CC(O)CNCC(C)(O)C(=O)O. The summed E-state index contributed by atoms with van der Waals surface area (Å²) in [6.45, 7) is 5.43. The van der Waals surface area contributed by atoms with Gasteiger partial charge in [0.15, 0.2) is 5.60 Å². The quantitative estimate of drug-likeness (QED) is 0.477. The van der Waals surface area contributed by atoms with Crippen molar-refractivity contribution in [3.63, 3.8) is 0 Å². The van der Waals surface area contributed by atoms with Crippen molar-refractivity contribution in [2.75, 3.05) is 13.1 Å². The summed E-state index contributed by atoms with van der Waals surface area (Å²) in [5.41, 5.74) is -1.78. The lowest BCUT2D eigenvalue weighted by molar-refractivity contribution is -0.156. The summed E-state index contributed by atoms with van der Waals surface area (Å²) in [4.78, 5) is 10.5. The van der Waals surface area contributed by atoms with E-state index in [1.807, 2.05) is 13.8 Å². The van der Waals surface area contributed by atoms with Crippen LogP contribution in [-0.4, -0.2) is 46.1 Å². The van der Waals surface area contributed by atoms with Crippen LogP contribution in [0.1, 0.15) is 27.2 Å². The van der Waals surface area contributed by atoms with E-state index in [1.165, 1.54) is 6.92 Å². The predicted molar refractivity (Wildman–Crippen MR) is 56.6 cm³/mol. The van der Waals surface area contributed by atoms with Crippen molar-refractivity contribution >= 4 is 5.97 Å². The number of carbonyl (C=O) groups is 1. The fourth-order valence-corrected chi connectivity index (χ4v) is 1.19. The average molecular weight is 219 g/mol. The molecule has 0 radical (unpaired) electrons. The molecule has 0 spiro atoms. The fraction of sp³-hybridized carbons (Fsp3) is 0.900. The zero-order valence-corrected chi connectivity index (χ0v) is 9.53. The van der Waals surface area contributed by atoms with E-state index < -0.39 is 17.7 Å². The van der Waals surface area contributed by atoms with Crippen molar-refractivity contribution in [2.45, 2.75) is 38.9 Å². The number of aliphatic carboxylic acids is 1. The summed E-state index contributed by atoms with van der Waals surface area (Å²) in [7, 11) is 0. The van der Waals surface area contributed by atoms with E-state index in [2.05, 4.69) is 5.32 Å². The average Bonchev–Trinajstić information content (AvgIpc) is 2.01. The van der Waals surface area contributed by atoms with Crippen molar-refractivity contribution in [3.8, 4) is 0 Å². The van der Waals surface area contributed by atoms with E-state index in [0.717, 1.165) is 0 Å². The number of carboxylic acids is 1. The van der Waals surface area contributed by atoms with Gasteiger partial charge in [-0.2, -0.15) is 0 Å². The number of carboxylic acid groups (broad SMARTS) is 1. The Kier molecular flexibility index (Phi) is 5.79. The van der Waals surface area contributed by atoms with Crippen molar-refractivity contribution in [2.24, 2.45) is 5.92 Å². The van der Waals surface area contributed by atoms with Crippen LogP contribution in [0, 0.1) is 5.92 Å². The topological polar surface area (TPSA) is 89.8 Å². The smallest absolute Gasteiger partial charge is 0.336 e. The minimum absolute atomic E-state index is 0.0719. The summed E-state index contributed by atoms with van der Waals surface area (Å²) in [5.74, 6) is -0.880. The summed E-state index contributed by atoms with van der Waals surface area (Å²) in [6, 6.07) is 0. The van der Waals surface area contributed by atoms with Crippen LogP contribution in [0.2, 0.25) is 0 Å². The summed E-state index contributed by atoms with van der Waals surface area (Å²) >= 11 is 0. The molecule has 2 atom stereocenters. The predicted octanol–water partition coefficient (Wildman–Crippen LogP) is -0.181. The lowest BCUT2D eigenvalue weighted by Crippen LogP contribution is -2.46. The molecule has 15 heavy (non-hydrogen) atoms. The van der Waals surface area contributed by atoms with Crippen LogP contribution in [0.5, 0.6) is 0 Å². The Hall–Kier alpha value is -0.650. The van der Waals surface area contributed by atoms with Crippen LogP contribution in [-0.2, 0) is 4.79 Å². The highest BCUT2D eigenvalue weighted by atomic mass is 16.4. The molecule has 90 valence electrons. The zero-order chi connectivity index (χ0) is 12.1. The van der Waals surface area contributed by atoms with Crippen molar-refractivity contribution in [3.05, 3.63) is 0 Å². The maximum atomic E-state index is 10.5. The first-order valence-corrected chi connectivity index (χ1v) is 5.10. The Morgan fingerprint density at radius 3 is 2.40 bits per heavy atom. The summed E-state index contributed by atoms with van der Waals surface area (Å²) in [5, 5.41) is 30.1. The first kappa shape index (κ1) is 14.3. The van der Waals surface area contributed by atoms with E-state index in [1.54, 1.807) is 0 Å². The Balaban J connectivity index is 3.74. The number of rotatable bonds is 7. The van der Waals surface area contributed by atoms with E-state index in [0.29, 0.717) is 18.9 Å². The van der Waals surface area contributed by atoms with Crippen LogP contribution in [0.4, 0.5) is 0 Å². The van der Waals surface area contributed by atoms with Gasteiger partial charge in [0, 0.05) is 13.1 Å². The highest BCUT2D eigenvalue weighted by Crippen LogP contribution is 2.04. The molecule has 0 saturated heterocycles. The van der Waals surface area contributed by atoms with Gasteiger partial charge < -0.3 is 20.6 Å². The zero-order valence-electron chi connectivity index (χ0n) is 9.53. The first-order valence-electron chi connectivity index (χ1n) is 5.10. The maximum Gasteiger partial charge on any atom is 0.336 e. The summed E-state index contributed by atoms with van der Waals surface area (Å²) in [6.07, 6.45) is 0.150. The van der Waals surface area contributed by atoms with Gasteiger partial charge in [0.25, 0.3) is 0 Å². The van der Waals surface area contributed by atoms with Gasteiger partial charge in [0.1, 0.15) is 0 Å². The molecule has 0 fully saturated rings. The van der Waals surface area contributed by atoms with Crippen LogP contribution in [0.3, 0.4) is 0 Å². The van der Waals surface area contributed by atoms with E-state index in [9.17, 15) is 15.0 Å². The normalized spacial score (nSPS) is 17.5. The second-order valence-electron chi connectivity index (χ2n) is 4.49. The maximum absolute atomic E-state index is 10.5. The second kappa shape index (κ2) is 6.05. The minimum atomic E-state index is -1.78. The number of hydrogen-bond acceptors (Lipinski definition) is 4. The third kappa shape index (κ3) is 6.43. The Bertz CT molecular complexity index is 204. The van der Waals surface area contributed by atoms with Crippen molar-refractivity contribution < 1.29 is 20.1 Å². The molecular formula is C10H21NO4. The largest absolute Gasteiger partial charge is 0.479 e. The third-order valence-corrected chi connectivity index (χ3v) is 2.05. The fourth-order valence-electron chi connectivity index (χ4n) is 1.19. The number of aliphatic hydroxyl groups excluding tert-OH is 1. The lowest BCUT2D eigenvalue weighted by Gasteiger charge is -2.20. The Labute approximate surface area is 90.1 Å². The first-order chi connectivity index (χ1) is 6.75. The molecule has 0 aromatic rings. The molecule has 0 bridgehead atoms. The molecule has 0 aliphatic rings. The molecule has 4 N–H and O–H groups in total. The van der Waals surface area contributed by atoms with Crippen LogP contribution in [0.25, 0.3) is 0 Å². The van der Waals surface area contributed by atoms with Gasteiger partial charge in [-0.15, -0.1) is 0 Å². The van der Waals surface area contributed by atoms with Crippen molar-refractivity contribution in [1.29, 1.82) is 0 Å². The molecule has 0 aromatic heterocycles.